The second-order valence-electron chi connectivity index (χ2n) is 4.15. The highest BCUT2D eigenvalue weighted by molar-refractivity contribution is 9.10. The van der Waals surface area contributed by atoms with E-state index in [2.05, 4.69) is 15.9 Å². The van der Waals surface area contributed by atoms with Crippen LogP contribution in [0.2, 0.25) is 5.02 Å². The van der Waals surface area contributed by atoms with Crippen molar-refractivity contribution in [1.29, 1.82) is 0 Å². The van der Waals surface area contributed by atoms with Crippen LogP contribution in [0, 0.1) is 0 Å². The fraction of sp³-hybridized carbons (Fsp3) is 0.500. The van der Waals surface area contributed by atoms with Crippen molar-refractivity contribution < 1.29 is 8.42 Å². The average Bonchev–Trinajstić information content (AvgIpc) is 2.32. The molecule has 1 aromatic rings. The van der Waals surface area contributed by atoms with Gasteiger partial charge < -0.3 is 5.73 Å². The molecule has 0 aliphatic carbocycles. The van der Waals surface area contributed by atoms with Gasteiger partial charge in [-0.25, -0.2) is 8.42 Å². The largest absolute Gasteiger partial charge is 0.324 e. The summed E-state index contributed by atoms with van der Waals surface area (Å²) < 4.78 is 23.6. The second-order valence-corrected chi connectivity index (χ2v) is 7.91. The molecule has 0 spiro atoms. The first kappa shape index (κ1) is 16.0. The molecular weight excluding hydrogens is 338 g/mol. The lowest BCUT2D eigenvalue weighted by Crippen LogP contribution is -2.14. The van der Waals surface area contributed by atoms with Gasteiger partial charge in [0, 0.05) is 21.3 Å². The molecular formula is C12H17BrClNO2S. The van der Waals surface area contributed by atoms with Crippen molar-refractivity contribution in [3.63, 3.8) is 0 Å². The van der Waals surface area contributed by atoms with Gasteiger partial charge in [-0.05, 0) is 36.6 Å². The predicted molar refractivity (Wildman–Crippen MR) is 79.6 cm³/mol. The predicted octanol–water partition coefficient (Wildman–Crippen LogP) is 3.32. The third kappa shape index (κ3) is 4.88. The zero-order chi connectivity index (χ0) is 13.8. The van der Waals surface area contributed by atoms with Gasteiger partial charge in [0.2, 0.25) is 0 Å². The van der Waals surface area contributed by atoms with E-state index in [9.17, 15) is 8.42 Å². The van der Waals surface area contributed by atoms with Gasteiger partial charge in [0.15, 0.2) is 0 Å². The van der Waals surface area contributed by atoms with E-state index in [1.807, 2.05) is 12.1 Å². The van der Waals surface area contributed by atoms with E-state index >= 15 is 0 Å². The Morgan fingerprint density at radius 3 is 2.72 bits per heavy atom. The lowest BCUT2D eigenvalue weighted by molar-refractivity contribution is 0.583. The molecule has 1 unspecified atom stereocenters. The summed E-state index contributed by atoms with van der Waals surface area (Å²) in [5.74, 6) is 0.373. The van der Waals surface area contributed by atoms with Gasteiger partial charge in [0.05, 0.1) is 5.75 Å². The van der Waals surface area contributed by atoms with E-state index in [1.165, 1.54) is 0 Å². The smallest absolute Gasteiger partial charge is 0.150 e. The summed E-state index contributed by atoms with van der Waals surface area (Å²) in [6.45, 7) is 1.66. The van der Waals surface area contributed by atoms with Crippen molar-refractivity contribution in [2.45, 2.75) is 25.8 Å². The molecule has 0 heterocycles. The fourth-order valence-corrected chi connectivity index (χ4v) is 3.24. The summed E-state index contributed by atoms with van der Waals surface area (Å²) in [7, 11) is -2.91. The molecule has 3 nitrogen and oxygen atoms in total. The maximum atomic E-state index is 11.4. The van der Waals surface area contributed by atoms with E-state index in [0.29, 0.717) is 17.9 Å². The van der Waals surface area contributed by atoms with E-state index in [4.69, 9.17) is 17.3 Å². The van der Waals surface area contributed by atoms with Crippen LogP contribution in [0.15, 0.2) is 22.7 Å². The molecule has 0 radical (unpaired) electrons. The standard InChI is InChI=1S/C12H17BrClNO2S/c1-2-18(16,17)7-3-4-12(15)10-8-9(14)5-6-11(10)13/h5-6,8,12H,2-4,7,15H2,1H3. The Balaban J connectivity index is 2.61. The van der Waals surface area contributed by atoms with Crippen molar-refractivity contribution in [3.05, 3.63) is 33.3 Å². The molecule has 0 aromatic heterocycles. The maximum Gasteiger partial charge on any atom is 0.150 e. The fourth-order valence-electron chi connectivity index (χ4n) is 1.62. The second kappa shape index (κ2) is 6.89. The third-order valence-corrected chi connectivity index (χ3v) is 5.52. The number of rotatable bonds is 6. The Labute approximate surface area is 122 Å². The quantitative estimate of drug-likeness (QED) is 0.852. The zero-order valence-electron chi connectivity index (χ0n) is 10.2. The monoisotopic (exact) mass is 353 g/mol. The number of nitrogens with two attached hydrogens (primary N) is 1. The lowest BCUT2D eigenvalue weighted by Gasteiger charge is -2.14. The molecule has 1 aromatic carbocycles. The van der Waals surface area contributed by atoms with Gasteiger partial charge in [0.1, 0.15) is 9.84 Å². The molecule has 2 N–H and O–H groups in total. The highest BCUT2D eigenvalue weighted by atomic mass is 79.9. The minimum Gasteiger partial charge on any atom is -0.324 e. The van der Waals surface area contributed by atoms with Crippen molar-refractivity contribution in [1.82, 2.24) is 0 Å². The van der Waals surface area contributed by atoms with Crippen molar-refractivity contribution in [2.75, 3.05) is 11.5 Å². The summed E-state index contributed by atoms with van der Waals surface area (Å²) >= 11 is 9.34. The summed E-state index contributed by atoms with van der Waals surface area (Å²) in [6, 6.07) is 5.24. The molecule has 0 aliphatic heterocycles. The van der Waals surface area contributed by atoms with E-state index < -0.39 is 9.84 Å². The number of hydrogen-bond donors (Lipinski definition) is 1. The Kier molecular flexibility index (Phi) is 6.11. The number of halogens is 2. The first-order valence-electron chi connectivity index (χ1n) is 5.76. The first-order chi connectivity index (χ1) is 8.35. The molecule has 0 aliphatic rings. The molecule has 0 fully saturated rings. The summed E-state index contributed by atoms with van der Waals surface area (Å²) in [5.41, 5.74) is 6.97. The molecule has 1 atom stereocenters. The Hall–Kier alpha value is -0.100. The molecule has 18 heavy (non-hydrogen) atoms. The number of hydrogen-bond acceptors (Lipinski definition) is 3. The van der Waals surface area contributed by atoms with Gasteiger partial charge in [0.25, 0.3) is 0 Å². The van der Waals surface area contributed by atoms with Crippen LogP contribution in [-0.4, -0.2) is 19.9 Å². The van der Waals surface area contributed by atoms with Crippen LogP contribution < -0.4 is 5.73 Å². The van der Waals surface area contributed by atoms with Gasteiger partial charge in [-0.2, -0.15) is 0 Å². The van der Waals surface area contributed by atoms with Crippen LogP contribution in [0.4, 0.5) is 0 Å². The minimum atomic E-state index is -2.91. The van der Waals surface area contributed by atoms with Gasteiger partial charge in [-0.3, -0.25) is 0 Å². The van der Waals surface area contributed by atoms with Crippen LogP contribution in [0.1, 0.15) is 31.4 Å². The van der Waals surface area contributed by atoms with Crippen LogP contribution >= 0.6 is 27.5 Å². The average molecular weight is 355 g/mol. The van der Waals surface area contributed by atoms with Crippen molar-refractivity contribution >= 4 is 37.4 Å². The number of benzene rings is 1. The number of sulfone groups is 1. The van der Waals surface area contributed by atoms with Crippen molar-refractivity contribution in [3.8, 4) is 0 Å². The molecule has 0 amide bonds. The van der Waals surface area contributed by atoms with Crippen LogP contribution in [0.5, 0.6) is 0 Å². The van der Waals surface area contributed by atoms with Crippen LogP contribution in [-0.2, 0) is 9.84 Å². The molecule has 102 valence electrons. The van der Waals surface area contributed by atoms with Crippen LogP contribution in [0.3, 0.4) is 0 Å². The van der Waals surface area contributed by atoms with E-state index in [0.717, 1.165) is 10.0 Å². The summed E-state index contributed by atoms with van der Waals surface area (Å²) in [4.78, 5) is 0. The molecule has 0 saturated heterocycles. The zero-order valence-corrected chi connectivity index (χ0v) is 13.4. The first-order valence-corrected chi connectivity index (χ1v) is 8.76. The van der Waals surface area contributed by atoms with Crippen molar-refractivity contribution in [2.24, 2.45) is 5.73 Å². The highest BCUT2D eigenvalue weighted by Crippen LogP contribution is 2.27. The Bertz CT molecular complexity index is 505. The molecule has 0 bridgehead atoms. The third-order valence-electron chi connectivity index (χ3n) is 2.77. The topological polar surface area (TPSA) is 60.2 Å². The molecule has 0 saturated carbocycles. The van der Waals surface area contributed by atoms with Gasteiger partial charge in [-0.15, -0.1) is 0 Å². The minimum absolute atomic E-state index is 0.184. The van der Waals surface area contributed by atoms with Crippen LogP contribution in [0.25, 0.3) is 0 Å². The van der Waals surface area contributed by atoms with E-state index in [1.54, 1.807) is 13.0 Å². The maximum absolute atomic E-state index is 11.4. The summed E-state index contributed by atoms with van der Waals surface area (Å²) in [6.07, 6.45) is 1.19. The lowest BCUT2D eigenvalue weighted by atomic mass is 10.0. The Morgan fingerprint density at radius 1 is 1.44 bits per heavy atom. The summed E-state index contributed by atoms with van der Waals surface area (Å²) in [5, 5.41) is 0.629. The van der Waals surface area contributed by atoms with Gasteiger partial charge in [-0.1, -0.05) is 34.5 Å². The molecule has 1 rings (SSSR count). The normalized spacial score (nSPS) is 13.6. The SMILES string of the molecule is CCS(=O)(=O)CCCC(N)c1cc(Cl)ccc1Br. The molecule has 6 heteroatoms. The van der Waals surface area contributed by atoms with E-state index in [-0.39, 0.29) is 17.5 Å². The Morgan fingerprint density at radius 2 is 2.11 bits per heavy atom. The highest BCUT2D eigenvalue weighted by Gasteiger charge is 2.13. The van der Waals surface area contributed by atoms with Gasteiger partial charge >= 0.3 is 0 Å².